The van der Waals surface area contributed by atoms with E-state index in [2.05, 4.69) is 6.07 Å². The Morgan fingerprint density at radius 1 is 0.912 bits per heavy atom. The van der Waals surface area contributed by atoms with Gasteiger partial charge < -0.3 is 19.1 Å². The lowest BCUT2D eigenvalue weighted by Crippen LogP contribution is -2.34. The van der Waals surface area contributed by atoms with Gasteiger partial charge in [0.15, 0.2) is 11.5 Å². The summed E-state index contributed by atoms with van der Waals surface area (Å²) in [6.45, 7) is 0.959. The molecule has 7 nitrogen and oxygen atoms in total. The van der Waals surface area contributed by atoms with Crippen LogP contribution in [0.25, 0.3) is 5.57 Å². The van der Waals surface area contributed by atoms with Gasteiger partial charge >= 0.3 is 0 Å². The smallest absolute Gasteiger partial charge is 0.278 e. The number of benzene rings is 3. The van der Waals surface area contributed by atoms with E-state index in [1.54, 1.807) is 25.3 Å². The van der Waals surface area contributed by atoms with Crippen LogP contribution in [0.4, 0.5) is 5.69 Å². The van der Waals surface area contributed by atoms with Crippen LogP contribution in [0.3, 0.4) is 0 Å². The zero-order valence-electron chi connectivity index (χ0n) is 18.6. The maximum Gasteiger partial charge on any atom is 0.278 e. The van der Waals surface area contributed by atoms with Gasteiger partial charge in [0.25, 0.3) is 11.8 Å². The summed E-state index contributed by atoms with van der Waals surface area (Å²) in [5.74, 6) is 1.35. The zero-order valence-corrected chi connectivity index (χ0v) is 18.6. The van der Waals surface area contributed by atoms with Crippen molar-refractivity contribution in [2.45, 2.75) is 13.0 Å². The van der Waals surface area contributed by atoms with Crippen LogP contribution in [0.2, 0.25) is 0 Å². The first-order valence-corrected chi connectivity index (χ1v) is 11.1. The fourth-order valence-electron chi connectivity index (χ4n) is 4.77. The monoisotopic (exact) mass is 454 g/mol. The normalized spacial score (nSPS) is 16.5. The molecule has 6 rings (SSSR count). The first-order chi connectivity index (χ1) is 16.6. The van der Waals surface area contributed by atoms with E-state index in [4.69, 9.17) is 14.2 Å². The summed E-state index contributed by atoms with van der Waals surface area (Å²) in [4.78, 5) is 30.8. The van der Waals surface area contributed by atoms with Gasteiger partial charge in [-0.25, -0.2) is 0 Å². The lowest BCUT2D eigenvalue weighted by atomic mass is 10.0. The third kappa shape index (κ3) is 3.20. The summed E-state index contributed by atoms with van der Waals surface area (Å²) in [7, 11) is 1.60. The first kappa shape index (κ1) is 20.4. The quantitative estimate of drug-likeness (QED) is 0.547. The summed E-state index contributed by atoms with van der Waals surface area (Å²) in [6.07, 6.45) is 0.819. The molecule has 0 spiro atoms. The third-order valence-corrected chi connectivity index (χ3v) is 6.46. The lowest BCUT2D eigenvalue weighted by Gasteiger charge is -2.22. The SMILES string of the molecule is COc1ccc(C2=C(N3CCc4ccccc43)C(=O)N(Cc3ccc4c(c3)OCO4)C2=O)cc1. The van der Waals surface area contributed by atoms with Crippen molar-refractivity contribution < 1.29 is 23.8 Å². The van der Waals surface area contributed by atoms with Crippen LogP contribution in [0.15, 0.2) is 72.4 Å². The number of methoxy groups -OCH3 is 1. The number of nitrogens with zero attached hydrogens (tertiary/aromatic N) is 2. The fourth-order valence-corrected chi connectivity index (χ4v) is 4.77. The van der Waals surface area contributed by atoms with Crippen molar-refractivity contribution in [3.05, 3.63) is 89.1 Å². The van der Waals surface area contributed by atoms with E-state index < -0.39 is 0 Å². The van der Waals surface area contributed by atoms with Gasteiger partial charge in [-0.2, -0.15) is 0 Å². The average Bonchev–Trinajstić information content (AvgIpc) is 3.57. The molecule has 0 bridgehead atoms. The van der Waals surface area contributed by atoms with E-state index in [0.29, 0.717) is 40.6 Å². The fraction of sp³-hybridized carbons (Fsp3) is 0.185. The molecular weight excluding hydrogens is 432 g/mol. The molecule has 0 aliphatic carbocycles. The van der Waals surface area contributed by atoms with Crippen molar-refractivity contribution >= 4 is 23.1 Å². The van der Waals surface area contributed by atoms with Crippen LogP contribution in [-0.4, -0.2) is 37.2 Å². The number of amides is 2. The first-order valence-electron chi connectivity index (χ1n) is 11.1. The van der Waals surface area contributed by atoms with E-state index in [9.17, 15) is 9.59 Å². The largest absolute Gasteiger partial charge is 0.497 e. The molecule has 0 fully saturated rings. The number of carbonyl (C=O) groups is 2. The standard InChI is InChI=1S/C27H22N2O5/c1-32-20-9-7-19(8-10-20)24-25(28-13-12-18-4-2-3-5-21(18)28)27(31)29(26(24)30)15-17-6-11-22-23(14-17)34-16-33-22/h2-11,14H,12-13,15-16H2,1H3. The highest BCUT2D eigenvalue weighted by molar-refractivity contribution is 6.36. The van der Waals surface area contributed by atoms with Crippen molar-refractivity contribution in [2.75, 3.05) is 25.3 Å². The molecule has 0 unspecified atom stereocenters. The predicted octanol–water partition coefficient (Wildman–Crippen LogP) is 3.77. The van der Waals surface area contributed by atoms with Crippen LogP contribution in [0, 0.1) is 0 Å². The molecule has 170 valence electrons. The second-order valence-electron chi connectivity index (χ2n) is 8.37. The van der Waals surface area contributed by atoms with Crippen LogP contribution < -0.4 is 19.1 Å². The highest BCUT2D eigenvalue weighted by Crippen LogP contribution is 2.40. The van der Waals surface area contributed by atoms with E-state index in [1.807, 2.05) is 47.4 Å². The van der Waals surface area contributed by atoms with E-state index in [0.717, 1.165) is 17.7 Å². The van der Waals surface area contributed by atoms with Gasteiger partial charge in [0.1, 0.15) is 11.4 Å². The molecule has 0 saturated carbocycles. The molecule has 0 aromatic heterocycles. The van der Waals surface area contributed by atoms with Gasteiger partial charge in [0, 0.05) is 12.2 Å². The summed E-state index contributed by atoms with van der Waals surface area (Å²) in [5.41, 5.74) is 4.44. The molecule has 0 radical (unpaired) electrons. The Kier molecular flexibility index (Phi) is 4.76. The average molecular weight is 454 g/mol. The minimum absolute atomic E-state index is 0.146. The highest BCUT2D eigenvalue weighted by atomic mass is 16.7. The summed E-state index contributed by atoms with van der Waals surface area (Å²) < 4.78 is 16.1. The summed E-state index contributed by atoms with van der Waals surface area (Å²) >= 11 is 0. The zero-order chi connectivity index (χ0) is 23.2. The van der Waals surface area contributed by atoms with Crippen LogP contribution in [-0.2, 0) is 22.6 Å². The van der Waals surface area contributed by atoms with Gasteiger partial charge in [-0.3, -0.25) is 14.5 Å². The van der Waals surface area contributed by atoms with E-state index in [-0.39, 0.29) is 25.2 Å². The number of hydrogen-bond acceptors (Lipinski definition) is 6. The Bertz CT molecular complexity index is 1350. The Morgan fingerprint density at radius 3 is 2.53 bits per heavy atom. The number of para-hydroxylation sites is 1. The number of anilines is 1. The topological polar surface area (TPSA) is 68.3 Å². The summed E-state index contributed by atoms with van der Waals surface area (Å²) in [6, 6.07) is 20.7. The Hall–Kier alpha value is -4.26. The number of imide groups is 1. The van der Waals surface area contributed by atoms with Gasteiger partial charge in [0.05, 0.1) is 19.2 Å². The van der Waals surface area contributed by atoms with Gasteiger partial charge in [-0.1, -0.05) is 36.4 Å². The maximum absolute atomic E-state index is 13.8. The van der Waals surface area contributed by atoms with Crippen molar-refractivity contribution in [3.63, 3.8) is 0 Å². The molecule has 0 saturated heterocycles. The van der Waals surface area contributed by atoms with E-state index >= 15 is 0 Å². The van der Waals surface area contributed by atoms with Crippen LogP contribution >= 0.6 is 0 Å². The Labute approximate surface area is 196 Å². The van der Waals surface area contributed by atoms with Crippen molar-refractivity contribution in [3.8, 4) is 17.2 Å². The third-order valence-electron chi connectivity index (χ3n) is 6.46. The van der Waals surface area contributed by atoms with Crippen molar-refractivity contribution in [1.82, 2.24) is 4.90 Å². The Balaban J connectivity index is 1.41. The molecule has 7 heteroatoms. The van der Waals surface area contributed by atoms with Gasteiger partial charge in [-0.05, 0) is 53.4 Å². The molecule has 0 atom stereocenters. The molecule has 34 heavy (non-hydrogen) atoms. The molecule has 3 aromatic rings. The van der Waals surface area contributed by atoms with Crippen molar-refractivity contribution in [2.24, 2.45) is 0 Å². The molecule has 3 aliphatic heterocycles. The number of hydrogen-bond donors (Lipinski definition) is 0. The molecule has 3 aliphatic rings. The molecular formula is C27H22N2O5. The molecule has 3 heterocycles. The van der Waals surface area contributed by atoms with E-state index in [1.165, 1.54) is 10.5 Å². The maximum atomic E-state index is 13.8. The predicted molar refractivity (Wildman–Crippen MR) is 126 cm³/mol. The minimum Gasteiger partial charge on any atom is -0.497 e. The Morgan fingerprint density at radius 2 is 1.71 bits per heavy atom. The van der Waals surface area contributed by atoms with Gasteiger partial charge in [0.2, 0.25) is 6.79 Å². The lowest BCUT2D eigenvalue weighted by molar-refractivity contribution is -0.137. The number of rotatable bonds is 5. The second-order valence-corrected chi connectivity index (χ2v) is 8.37. The highest BCUT2D eigenvalue weighted by Gasteiger charge is 2.43. The summed E-state index contributed by atoms with van der Waals surface area (Å²) in [5, 5.41) is 0. The molecule has 3 aromatic carbocycles. The number of carbonyl (C=O) groups excluding carboxylic acids is 2. The van der Waals surface area contributed by atoms with Crippen LogP contribution in [0.5, 0.6) is 17.2 Å². The van der Waals surface area contributed by atoms with Gasteiger partial charge in [-0.15, -0.1) is 0 Å². The number of ether oxygens (including phenoxy) is 3. The molecule has 2 amide bonds. The minimum atomic E-state index is -0.313. The molecule has 0 N–H and O–H groups in total. The second kappa shape index (κ2) is 7.95. The number of fused-ring (bicyclic) bond motifs is 2. The van der Waals surface area contributed by atoms with Crippen LogP contribution in [0.1, 0.15) is 16.7 Å². The van der Waals surface area contributed by atoms with Crippen molar-refractivity contribution in [1.29, 1.82) is 0 Å².